The number of aromatic amines is 1. The molecule has 0 radical (unpaired) electrons. The number of H-pyrrole nitrogens is 1. The monoisotopic (exact) mass is 762 g/mol. The molecule has 3 aliphatic heterocycles. The van der Waals surface area contributed by atoms with Crippen LogP contribution in [-0.2, 0) is 11.2 Å². The molecule has 292 valence electrons. The van der Waals surface area contributed by atoms with Crippen LogP contribution in [0.5, 0.6) is 11.5 Å². The predicted octanol–water partition coefficient (Wildman–Crippen LogP) is 7.81. The van der Waals surface area contributed by atoms with Crippen molar-refractivity contribution in [2.75, 3.05) is 0 Å². The number of allylic oxidation sites excluding steroid dienone is 2. The number of carbonyl (C=O) groups is 1. The minimum Gasteiger partial charge on any atom is -0.465 e. The largest absolute Gasteiger partial charge is 0.465 e. The second kappa shape index (κ2) is 14.3. The molecule has 9 nitrogen and oxygen atoms in total. The molecule has 9 heteroatoms. The van der Waals surface area contributed by atoms with Crippen LogP contribution in [0.4, 0.5) is 0 Å². The van der Waals surface area contributed by atoms with Crippen molar-refractivity contribution in [2.24, 2.45) is 28.9 Å². The SMILES string of the molecule is CC1C=CC(C(O)CC(=O)CCc2ccc3c(c2)OC2C(C#CC(O)c4ccc5c6c4C(CCC6=CNC5N)c4c[nH]c5cn2cc45)C2(C#CO3)CCCC2)CC1. The smallest absolute Gasteiger partial charge is 0.191 e. The number of fused-ring (bicyclic) bond motifs is 6. The molecule has 1 saturated carbocycles. The van der Waals surface area contributed by atoms with Crippen molar-refractivity contribution >= 4 is 22.3 Å². The van der Waals surface area contributed by atoms with Crippen LogP contribution < -0.4 is 20.5 Å². The summed E-state index contributed by atoms with van der Waals surface area (Å²) in [5.74, 6) is 11.8. The van der Waals surface area contributed by atoms with E-state index in [2.05, 4.69) is 76.4 Å². The maximum atomic E-state index is 13.1. The number of nitrogens with two attached hydrogens (primary N) is 1. The summed E-state index contributed by atoms with van der Waals surface area (Å²) >= 11 is 0. The van der Waals surface area contributed by atoms with E-state index in [4.69, 9.17) is 15.2 Å². The van der Waals surface area contributed by atoms with E-state index in [1.165, 1.54) is 11.1 Å². The summed E-state index contributed by atoms with van der Waals surface area (Å²) in [5, 5.41) is 27.4. The van der Waals surface area contributed by atoms with Crippen LogP contribution in [0.1, 0.15) is 129 Å². The zero-order chi connectivity index (χ0) is 38.8. The van der Waals surface area contributed by atoms with Gasteiger partial charge in [0.15, 0.2) is 17.7 Å². The molecule has 8 atom stereocenters. The summed E-state index contributed by atoms with van der Waals surface area (Å²) in [6.45, 7) is 2.18. The molecular weight excluding hydrogens is 713 g/mol. The number of ether oxygens (including phenoxy) is 2. The Balaban J connectivity index is 1.03. The lowest BCUT2D eigenvalue weighted by molar-refractivity contribution is -0.121. The molecule has 3 aliphatic carbocycles. The van der Waals surface area contributed by atoms with E-state index < -0.39 is 29.8 Å². The van der Waals surface area contributed by atoms with Crippen LogP contribution in [0.25, 0.3) is 16.5 Å². The van der Waals surface area contributed by atoms with Crippen molar-refractivity contribution in [3.05, 3.63) is 101 Å². The van der Waals surface area contributed by atoms with E-state index in [0.717, 1.165) is 90.1 Å². The standard InChI is InChI=1S/C48H50N4O5/c1-28-4-8-30(9-5-28)41(55)23-32(53)11-6-29-7-17-42-43(22-29)57-47-38(48(20-21-56-42)18-2-3-19-48)15-16-40(54)34-13-14-35-44-31(24-51-46(35)49)10-12-33(45(34)44)36-25-50-39-27-52(47)26-37(36)39/h4,7-8,13-14,17,22,24-28,30,33,38,40-41,46-47,50-51,54-55H,2-3,5-6,9-12,18-19,23,49H2,1H3. The second-order valence-corrected chi connectivity index (χ2v) is 17.3. The van der Waals surface area contributed by atoms with Crippen molar-refractivity contribution in [1.82, 2.24) is 14.9 Å². The average Bonchev–Trinajstić information content (AvgIpc) is 3.96. The van der Waals surface area contributed by atoms with Crippen LogP contribution in [0.3, 0.4) is 0 Å². The molecular formula is C48H50N4O5. The Kier molecular flexibility index (Phi) is 9.09. The summed E-state index contributed by atoms with van der Waals surface area (Å²) in [4.78, 5) is 16.7. The first-order chi connectivity index (χ1) is 27.7. The van der Waals surface area contributed by atoms with Crippen molar-refractivity contribution in [2.45, 2.75) is 108 Å². The van der Waals surface area contributed by atoms with Gasteiger partial charge < -0.3 is 40.3 Å². The van der Waals surface area contributed by atoms with E-state index >= 15 is 0 Å². The highest BCUT2D eigenvalue weighted by Crippen LogP contribution is 2.52. The Bertz CT molecular complexity index is 2440. The van der Waals surface area contributed by atoms with Gasteiger partial charge in [-0.3, -0.25) is 4.79 Å². The van der Waals surface area contributed by atoms with Gasteiger partial charge >= 0.3 is 0 Å². The lowest BCUT2D eigenvalue weighted by atomic mass is 9.71. The quantitative estimate of drug-likeness (QED) is 0.1000. The molecule has 0 amide bonds. The molecule has 2 aromatic carbocycles. The van der Waals surface area contributed by atoms with Gasteiger partial charge in [-0.15, -0.1) is 0 Å². The van der Waals surface area contributed by atoms with E-state index in [1.54, 1.807) is 0 Å². The second-order valence-electron chi connectivity index (χ2n) is 17.3. The molecule has 1 spiro atoms. The fraction of sp³-hybridized carbons (Fsp3) is 0.438. The zero-order valence-electron chi connectivity index (χ0n) is 32.4. The highest BCUT2D eigenvalue weighted by molar-refractivity contribution is 5.86. The van der Waals surface area contributed by atoms with Gasteiger partial charge in [0.25, 0.3) is 0 Å². The molecule has 10 rings (SSSR count). The van der Waals surface area contributed by atoms with Crippen LogP contribution in [0.15, 0.2) is 67.3 Å². The molecule has 2 aromatic heterocycles. The van der Waals surface area contributed by atoms with Crippen molar-refractivity contribution in [3.8, 4) is 35.4 Å². The molecule has 8 unspecified atom stereocenters. The number of rotatable bonds is 6. The van der Waals surface area contributed by atoms with Crippen molar-refractivity contribution in [3.63, 3.8) is 0 Å². The van der Waals surface area contributed by atoms with Gasteiger partial charge in [0.05, 0.1) is 23.0 Å². The van der Waals surface area contributed by atoms with Crippen LogP contribution in [0, 0.1) is 47.0 Å². The molecule has 2 bridgehead atoms. The number of benzene rings is 2. The first kappa shape index (κ1) is 36.2. The maximum Gasteiger partial charge on any atom is 0.191 e. The van der Waals surface area contributed by atoms with Crippen molar-refractivity contribution in [1.29, 1.82) is 0 Å². The number of aromatic nitrogens is 2. The maximum absolute atomic E-state index is 13.1. The number of ketones is 1. The third kappa shape index (κ3) is 6.37. The van der Waals surface area contributed by atoms with Gasteiger partial charge in [0.2, 0.25) is 0 Å². The van der Waals surface area contributed by atoms with E-state index in [0.29, 0.717) is 30.3 Å². The number of hydrogen-bond donors (Lipinski definition) is 5. The molecule has 6 N–H and O–H groups in total. The number of Topliss-reactive ketones (excluding diaryl/α,β-unsaturated/α-hetero) is 1. The van der Waals surface area contributed by atoms with E-state index in [1.807, 2.05) is 36.5 Å². The normalized spacial score (nSPS) is 28.1. The number of nitrogens with zero attached hydrogens (tertiary/aromatic N) is 1. The zero-order valence-corrected chi connectivity index (χ0v) is 32.4. The van der Waals surface area contributed by atoms with Gasteiger partial charge in [-0.2, -0.15) is 0 Å². The van der Waals surface area contributed by atoms with Gasteiger partial charge in [0.1, 0.15) is 24.2 Å². The summed E-state index contributed by atoms with van der Waals surface area (Å²) in [5.41, 5.74) is 14.5. The molecule has 6 aliphatic rings. The van der Waals surface area contributed by atoms with Gasteiger partial charge in [-0.1, -0.05) is 67.9 Å². The number of nitrogens with one attached hydrogen (secondary N) is 2. The average molecular weight is 763 g/mol. The molecule has 0 saturated heterocycles. The third-order valence-electron chi connectivity index (χ3n) is 13.7. The molecule has 5 heterocycles. The Hall–Kier alpha value is -5.19. The van der Waals surface area contributed by atoms with Gasteiger partial charge in [0, 0.05) is 54.9 Å². The molecule has 57 heavy (non-hydrogen) atoms. The Morgan fingerprint density at radius 1 is 1.05 bits per heavy atom. The first-order valence-corrected chi connectivity index (χ1v) is 20.9. The van der Waals surface area contributed by atoms with E-state index in [-0.39, 0.29) is 30.2 Å². The summed E-state index contributed by atoms with van der Waals surface area (Å²) in [6, 6.07) is 9.87. The van der Waals surface area contributed by atoms with E-state index in [9.17, 15) is 15.0 Å². The highest BCUT2D eigenvalue weighted by Gasteiger charge is 2.47. The lowest BCUT2D eigenvalue weighted by Gasteiger charge is -2.37. The summed E-state index contributed by atoms with van der Waals surface area (Å²) in [7, 11) is 0. The van der Waals surface area contributed by atoms with Crippen molar-refractivity contribution < 1.29 is 24.5 Å². The summed E-state index contributed by atoms with van der Waals surface area (Å²) < 4.78 is 15.5. The predicted molar refractivity (Wildman–Crippen MR) is 218 cm³/mol. The highest BCUT2D eigenvalue weighted by atomic mass is 16.5. The topological polar surface area (TPSA) is 135 Å². The third-order valence-corrected chi connectivity index (χ3v) is 13.7. The molecule has 1 fully saturated rings. The van der Waals surface area contributed by atoms with Gasteiger partial charge in [-0.05, 0) is 102 Å². The fourth-order valence-electron chi connectivity index (χ4n) is 10.5. The minimum atomic E-state index is -1.04. The van der Waals surface area contributed by atoms with Gasteiger partial charge in [-0.25, -0.2) is 0 Å². The number of aryl methyl sites for hydroxylation is 1. The Morgan fingerprint density at radius 3 is 2.75 bits per heavy atom. The number of aliphatic hydroxyl groups excluding tert-OH is 2. The van der Waals surface area contributed by atoms with Crippen LogP contribution in [-0.4, -0.2) is 31.7 Å². The number of aliphatic hydroxyl groups is 2. The van der Waals surface area contributed by atoms with Crippen LogP contribution >= 0.6 is 0 Å². The minimum absolute atomic E-state index is 0.0319. The Labute approximate surface area is 333 Å². The first-order valence-electron chi connectivity index (χ1n) is 20.9. The fourth-order valence-corrected chi connectivity index (χ4v) is 10.5. The number of hydrogen-bond acceptors (Lipinski definition) is 7. The summed E-state index contributed by atoms with van der Waals surface area (Å²) in [6.07, 6.45) is 21.5. The number of carbonyl (C=O) groups excluding carboxylic acids is 1. The lowest BCUT2D eigenvalue weighted by Crippen LogP contribution is -2.36. The molecule has 4 aromatic rings. The van der Waals surface area contributed by atoms with Crippen LogP contribution in [0.2, 0.25) is 0 Å². The Morgan fingerprint density at radius 2 is 1.91 bits per heavy atom.